The summed E-state index contributed by atoms with van der Waals surface area (Å²) in [5, 5.41) is 3.25. The van der Waals surface area contributed by atoms with Crippen LogP contribution in [0.2, 0.25) is 0 Å². The fourth-order valence-corrected chi connectivity index (χ4v) is 3.12. The van der Waals surface area contributed by atoms with Gasteiger partial charge in [0, 0.05) is 10.3 Å². The smallest absolute Gasteiger partial charge is 0.181 e. The van der Waals surface area contributed by atoms with Gasteiger partial charge in [0.1, 0.15) is 5.52 Å². The zero-order chi connectivity index (χ0) is 18.2. The van der Waals surface area contributed by atoms with Crippen LogP contribution in [0.3, 0.4) is 0 Å². The highest BCUT2D eigenvalue weighted by atomic mass is 32.1. The van der Waals surface area contributed by atoms with E-state index in [0.29, 0.717) is 0 Å². The van der Waals surface area contributed by atoms with Gasteiger partial charge in [-0.3, -0.25) is 4.79 Å². The Morgan fingerprint density at radius 3 is 2.64 bits per heavy atom. The second kappa shape index (κ2) is 9.14. The zero-order valence-electron chi connectivity index (χ0n) is 15.1. The number of benzene rings is 2. The molecule has 4 heteroatoms. The summed E-state index contributed by atoms with van der Waals surface area (Å²) in [7, 11) is 0. The third-order valence-electron chi connectivity index (χ3n) is 3.67. The number of hydrogen-bond acceptors (Lipinski definition) is 4. The molecule has 0 bridgehead atoms. The fraction of sp³-hybridized carbons (Fsp3) is 0.238. The summed E-state index contributed by atoms with van der Waals surface area (Å²) < 4.78 is 6.33. The highest BCUT2D eigenvalue weighted by molar-refractivity contribution is 7.17. The third-order valence-corrected chi connectivity index (χ3v) is 4.55. The van der Waals surface area contributed by atoms with Crippen LogP contribution in [0, 0.1) is 0 Å². The fourth-order valence-electron chi connectivity index (χ4n) is 2.29. The Labute approximate surface area is 152 Å². The van der Waals surface area contributed by atoms with E-state index in [-0.39, 0.29) is 5.78 Å². The van der Waals surface area contributed by atoms with Crippen molar-refractivity contribution in [1.29, 1.82) is 0 Å². The molecule has 25 heavy (non-hydrogen) atoms. The van der Waals surface area contributed by atoms with Gasteiger partial charge in [-0.1, -0.05) is 39.0 Å². The number of ketones is 1. The molecule has 2 heterocycles. The molecular formula is C21H23NO2S. The van der Waals surface area contributed by atoms with Gasteiger partial charge in [0.15, 0.2) is 17.8 Å². The molecular weight excluding hydrogens is 330 g/mol. The van der Waals surface area contributed by atoms with Gasteiger partial charge in [-0.25, -0.2) is 4.98 Å². The molecule has 2 aromatic carbocycles. The summed E-state index contributed by atoms with van der Waals surface area (Å²) in [6.45, 7) is 7.71. The van der Waals surface area contributed by atoms with Crippen molar-refractivity contribution in [1.82, 2.24) is 4.98 Å². The van der Waals surface area contributed by atoms with Gasteiger partial charge in [-0.2, -0.15) is 0 Å². The van der Waals surface area contributed by atoms with E-state index in [9.17, 15) is 4.79 Å². The highest BCUT2D eigenvalue weighted by Gasteiger charge is 2.00. The van der Waals surface area contributed by atoms with Crippen LogP contribution >= 0.6 is 11.3 Å². The van der Waals surface area contributed by atoms with Crippen molar-refractivity contribution in [3.8, 4) is 0 Å². The summed E-state index contributed by atoms with van der Waals surface area (Å²) in [5.74, 6) is 0.130. The van der Waals surface area contributed by atoms with Gasteiger partial charge in [-0.05, 0) is 53.9 Å². The molecule has 3 nitrogen and oxygen atoms in total. The third kappa shape index (κ3) is 4.77. The predicted molar refractivity (Wildman–Crippen MR) is 107 cm³/mol. The van der Waals surface area contributed by atoms with Crippen LogP contribution in [0.4, 0.5) is 0 Å². The minimum absolute atomic E-state index is 0.130. The van der Waals surface area contributed by atoms with Crippen LogP contribution in [0.15, 0.2) is 58.7 Å². The molecule has 0 saturated carbocycles. The maximum absolute atomic E-state index is 11.0. The van der Waals surface area contributed by atoms with Crippen molar-refractivity contribution in [2.75, 3.05) is 0 Å². The van der Waals surface area contributed by atoms with Gasteiger partial charge < -0.3 is 4.42 Å². The van der Waals surface area contributed by atoms with Crippen LogP contribution in [-0.4, -0.2) is 10.8 Å². The maximum atomic E-state index is 11.0. The first-order valence-corrected chi connectivity index (χ1v) is 9.35. The molecule has 130 valence electrons. The van der Waals surface area contributed by atoms with Crippen molar-refractivity contribution < 1.29 is 9.21 Å². The number of aromatic nitrogens is 1. The summed E-state index contributed by atoms with van der Waals surface area (Å²) in [6.07, 6.45) is 2.51. The van der Waals surface area contributed by atoms with E-state index in [2.05, 4.69) is 24.0 Å². The molecule has 0 aliphatic heterocycles. The standard InChI is InChI=1S/C10H8OS.C9H9NO.C2H6/c1-7(11)9-3-2-8-4-5-12-10(8)6-9;1-2-7-3-4-8-9(5-7)11-6-10-8;1-2/h2-6H,1H3;3-6H,2H2,1H3;1-2H3. The SMILES string of the molecule is CC.CC(=O)c1ccc2ccsc2c1.CCc1ccc2ncoc2c1. The topological polar surface area (TPSA) is 43.1 Å². The Morgan fingerprint density at radius 2 is 1.92 bits per heavy atom. The Bertz CT molecular complexity index is 953. The number of rotatable bonds is 2. The van der Waals surface area contributed by atoms with Crippen molar-refractivity contribution in [3.05, 3.63) is 65.4 Å². The number of oxazole rings is 1. The van der Waals surface area contributed by atoms with Crippen LogP contribution < -0.4 is 0 Å². The summed E-state index contributed by atoms with van der Waals surface area (Å²) in [6, 6.07) is 14.0. The molecule has 0 radical (unpaired) electrons. The number of Topliss-reactive ketones (excluding diaryl/α,β-unsaturated/α-hetero) is 1. The van der Waals surface area contributed by atoms with Crippen molar-refractivity contribution in [3.63, 3.8) is 0 Å². The summed E-state index contributed by atoms with van der Waals surface area (Å²) >= 11 is 1.67. The van der Waals surface area contributed by atoms with Crippen LogP contribution in [0.1, 0.15) is 43.6 Å². The molecule has 0 atom stereocenters. The Kier molecular flexibility index (Phi) is 6.90. The molecule has 0 saturated heterocycles. The van der Waals surface area contributed by atoms with Gasteiger partial charge in [0.05, 0.1) is 0 Å². The number of nitrogens with zero attached hydrogens (tertiary/aromatic N) is 1. The quantitative estimate of drug-likeness (QED) is 0.385. The van der Waals surface area contributed by atoms with Crippen LogP contribution in [0.5, 0.6) is 0 Å². The van der Waals surface area contributed by atoms with E-state index in [1.165, 1.54) is 22.0 Å². The number of hydrogen-bond donors (Lipinski definition) is 0. The Balaban J connectivity index is 0.000000165. The molecule has 4 aromatic rings. The second-order valence-electron chi connectivity index (χ2n) is 5.24. The van der Waals surface area contributed by atoms with Crippen molar-refractivity contribution in [2.45, 2.75) is 34.1 Å². The lowest BCUT2D eigenvalue weighted by Crippen LogP contribution is -1.89. The number of carbonyl (C=O) groups excluding carboxylic acids is 1. The van der Waals surface area contributed by atoms with Gasteiger partial charge in [-0.15, -0.1) is 11.3 Å². The molecule has 0 spiro atoms. The van der Waals surface area contributed by atoms with E-state index in [1.807, 2.05) is 49.6 Å². The molecule has 4 rings (SSSR count). The van der Waals surface area contributed by atoms with Crippen molar-refractivity contribution in [2.24, 2.45) is 0 Å². The molecule has 2 aromatic heterocycles. The zero-order valence-corrected chi connectivity index (χ0v) is 15.9. The largest absolute Gasteiger partial charge is 0.443 e. The van der Waals surface area contributed by atoms with Crippen LogP contribution in [-0.2, 0) is 6.42 Å². The molecule has 0 amide bonds. The number of aryl methyl sites for hydroxylation is 1. The Morgan fingerprint density at radius 1 is 1.12 bits per heavy atom. The number of thiophene rings is 1. The molecule has 0 unspecified atom stereocenters. The average molecular weight is 353 g/mol. The van der Waals surface area contributed by atoms with E-state index >= 15 is 0 Å². The van der Waals surface area contributed by atoms with E-state index in [4.69, 9.17) is 4.42 Å². The van der Waals surface area contributed by atoms with Gasteiger partial charge in [0.2, 0.25) is 0 Å². The lowest BCUT2D eigenvalue weighted by Gasteiger charge is -1.94. The number of fused-ring (bicyclic) bond motifs is 2. The monoisotopic (exact) mass is 353 g/mol. The van der Waals surface area contributed by atoms with E-state index in [1.54, 1.807) is 18.3 Å². The summed E-state index contributed by atoms with van der Waals surface area (Å²) in [4.78, 5) is 15.0. The summed E-state index contributed by atoms with van der Waals surface area (Å²) in [5.41, 5.74) is 3.89. The normalized spacial score (nSPS) is 9.92. The number of carbonyl (C=O) groups is 1. The molecule has 0 aliphatic carbocycles. The minimum atomic E-state index is 0.130. The molecule has 0 aliphatic rings. The molecule has 0 N–H and O–H groups in total. The maximum Gasteiger partial charge on any atom is 0.181 e. The van der Waals surface area contributed by atoms with Gasteiger partial charge >= 0.3 is 0 Å². The first-order chi connectivity index (χ1) is 12.2. The highest BCUT2D eigenvalue weighted by Crippen LogP contribution is 2.21. The lowest BCUT2D eigenvalue weighted by atomic mass is 10.1. The average Bonchev–Trinajstić information content (AvgIpc) is 3.31. The van der Waals surface area contributed by atoms with E-state index < -0.39 is 0 Å². The van der Waals surface area contributed by atoms with E-state index in [0.717, 1.165) is 23.1 Å². The van der Waals surface area contributed by atoms with Gasteiger partial charge in [0.25, 0.3) is 0 Å². The second-order valence-corrected chi connectivity index (χ2v) is 6.19. The first-order valence-electron chi connectivity index (χ1n) is 8.47. The lowest BCUT2D eigenvalue weighted by molar-refractivity contribution is 0.101. The van der Waals surface area contributed by atoms with Crippen molar-refractivity contribution >= 4 is 38.3 Å². The first kappa shape index (κ1) is 18.9. The predicted octanol–water partition coefficient (Wildman–Crippen LogP) is 6.52. The Hall–Kier alpha value is -2.46. The minimum Gasteiger partial charge on any atom is -0.443 e. The van der Waals surface area contributed by atoms with Crippen LogP contribution in [0.25, 0.3) is 21.2 Å². The molecule has 0 fully saturated rings.